The smallest absolute Gasteiger partial charge is 0.290 e. The second kappa shape index (κ2) is 10.6. The molecule has 0 radical (unpaired) electrons. The van der Waals surface area contributed by atoms with E-state index in [2.05, 4.69) is 6.92 Å². The van der Waals surface area contributed by atoms with Crippen LogP contribution in [0.2, 0.25) is 0 Å². The lowest BCUT2D eigenvalue weighted by Crippen LogP contribution is -2.32. The van der Waals surface area contributed by atoms with E-state index in [1.807, 2.05) is 42.5 Å². The van der Waals surface area contributed by atoms with Crippen LogP contribution >= 0.6 is 0 Å². The molecule has 1 aromatic heterocycles. The van der Waals surface area contributed by atoms with Crippen LogP contribution in [0, 0.1) is 0 Å². The molecule has 4 rings (SSSR count). The van der Waals surface area contributed by atoms with Crippen molar-refractivity contribution in [3.05, 3.63) is 77.3 Å². The fourth-order valence-corrected chi connectivity index (χ4v) is 4.15. The van der Waals surface area contributed by atoms with Crippen molar-refractivity contribution in [3.63, 3.8) is 0 Å². The van der Waals surface area contributed by atoms with E-state index in [0.29, 0.717) is 43.1 Å². The van der Waals surface area contributed by atoms with Crippen LogP contribution in [0.3, 0.4) is 0 Å². The maximum Gasteiger partial charge on any atom is 0.290 e. The molecule has 1 unspecified atom stereocenters. The molecule has 1 atom stereocenters. The molecular weight excluding hydrogens is 434 g/mol. The van der Waals surface area contributed by atoms with Crippen molar-refractivity contribution in [2.24, 2.45) is 0 Å². The van der Waals surface area contributed by atoms with Crippen molar-refractivity contribution in [2.75, 3.05) is 26.9 Å². The number of rotatable bonds is 11. The number of nitrogens with zero attached hydrogens (tertiary/aromatic N) is 1. The Kier molecular flexibility index (Phi) is 7.33. The van der Waals surface area contributed by atoms with Gasteiger partial charge in [-0.2, -0.15) is 0 Å². The first-order valence-corrected chi connectivity index (χ1v) is 11.5. The number of carbonyl (C=O) groups is 2. The molecule has 178 valence electrons. The lowest BCUT2D eigenvalue weighted by molar-refractivity contribution is -0.129. The highest BCUT2D eigenvalue weighted by Gasteiger charge is 2.44. The lowest BCUT2D eigenvalue weighted by Gasteiger charge is -2.26. The van der Waals surface area contributed by atoms with Gasteiger partial charge in [0.25, 0.3) is 5.91 Å². The average molecular weight is 464 g/mol. The molecule has 0 saturated heterocycles. The van der Waals surface area contributed by atoms with Gasteiger partial charge in [0.1, 0.15) is 11.3 Å². The Morgan fingerprint density at radius 2 is 1.85 bits per heavy atom. The summed E-state index contributed by atoms with van der Waals surface area (Å²) in [6.07, 6.45) is 2.56. The molecule has 0 fully saturated rings. The van der Waals surface area contributed by atoms with E-state index in [4.69, 9.17) is 13.9 Å². The third kappa shape index (κ3) is 4.70. The summed E-state index contributed by atoms with van der Waals surface area (Å²) in [6, 6.07) is 15.5. The molecular formula is C27H29NO6. The van der Waals surface area contributed by atoms with Crippen LogP contribution in [-0.4, -0.2) is 48.6 Å². The summed E-state index contributed by atoms with van der Waals surface area (Å²) >= 11 is 0. The number of fused-ring (bicyclic) bond motifs is 1. The number of hydrogen-bond acceptors (Lipinski definition) is 6. The minimum absolute atomic E-state index is 0.0149. The van der Waals surface area contributed by atoms with Gasteiger partial charge in [0.15, 0.2) is 11.5 Å². The molecule has 2 heterocycles. The zero-order valence-corrected chi connectivity index (χ0v) is 19.5. The molecule has 0 saturated carbocycles. The zero-order valence-electron chi connectivity index (χ0n) is 19.5. The van der Waals surface area contributed by atoms with Crippen LogP contribution in [0.25, 0.3) is 11.0 Å². The normalized spacial score (nSPS) is 16.0. The standard InChI is InChI=1S/C27H29NO6/c1-3-4-16-33-20-12-10-18(11-13-20)24-23(26(30)27(31)28(24)14-7-15-32-2)25(29)22-17-19-8-5-6-9-21(19)34-22/h5-6,8-13,17,24,30H,3-4,7,14-16H2,1-2H3. The molecule has 3 aromatic rings. The maximum atomic E-state index is 13.5. The fourth-order valence-electron chi connectivity index (χ4n) is 4.15. The Morgan fingerprint density at radius 3 is 2.56 bits per heavy atom. The number of para-hydroxylation sites is 1. The van der Waals surface area contributed by atoms with Crippen LogP contribution in [0.15, 0.2) is 70.3 Å². The van der Waals surface area contributed by atoms with E-state index in [0.717, 1.165) is 18.2 Å². The van der Waals surface area contributed by atoms with Gasteiger partial charge in [-0.3, -0.25) is 9.59 Å². The average Bonchev–Trinajstić information content (AvgIpc) is 3.39. The number of unbranched alkanes of at least 4 members (excludes halogenated alkanes) is 1. The van der Waals surface area contributed by atoms with Crippen molar-refractivity contribution >= 4 is 22.7 Å². The number of amides is 1. The highest BCUT2D eigenvalue weighted by atomic mass is 16.5. The van der Waals surface area contributed by atoms with Crippen molar-refractivity contribution in [1.82, 2.24) is 4.90 Å². The monoisotopic (exact) mass is 463 g/mol. The number of Topliss-reactive ketones (excluding diaryl/α,β-unsaturated/α-hetero) is 1. The predicted molar refractivity (Wildman–Crippen MR) is 128 cm³/mol. The first-order valence-electron chi connectivity index (χ1n) is 11.5. The second-order valence-corrected chi connectivity index (χ2v) is 8.26. The Bertz CT molecular complexity index is 1160. The molecule has 2 aromatic carbocycles. The van der Waals surface area contributed by atoms with Crippen molar-refractivity contribution in [2.45, 2.75) is 32.2 Å². The summed E-state index contributed by atoms with van der Waals surface area (Å²) in [6.45, 7) is 3.50. The third-order valence-electron chi connectivity index (χ3n) is 5.91. The Labute approximate surface area is 198 Å². The molecule has 0 aliphatic carbocycles. The largest absolute Gasteiger partial charge is 0.503 e. The van der Waals surface area contributed by atoms with E-state index in [1.165, 1.54) is 4.90 Å². The summed E-state index contributed by atoms with van der Waals surface area (Å²) < 4.78 is 16.6. The number of benzene rings is 2. The van der Waals surface area contributed by atoms with E-state index in [9.17, 15) is 14.7 Å². The molecule has 1 aliphatic rings. The Balaban J connectivity index is 1.68. The summed E-state index contributed by atoms with van der Waals surface area (Å²) in [7, 11) is 1.59. The van der Waals surface area contributed by atoms with Gasteiger partial charge >= 0.3 is 0 Å². The minimum atomic E-state index is -0.741. The SMILES string of the molecule is CCCCOc1ccc(C2C(C(=O)c3cc4ccccc4o3)=C(O)C(=O)N2CCCOC)cc1. The number of carbonyl (C=O) groups excluding carboxylic acids is 2. The van der Waals surface area contributed by atoms with Gasteiger partial charge in [0.2, 0.25) is 5.78 Å². The molecule has 0 bridgehead atoms. The quantitative estimate of drug-likeness (QED) is 0.310. The first kappa shape index (κ1) is 23.6. The molecule has 1 N–H and O–H groups in total. The summed E-state index contributed by atoms with van der Waals surface area (Å²) in [5.41, 5.74) is 1.29. The molecule has 7 nitrogen and oxygen atoms in total. The van der Waals surface area contributed by atoms with E-state index < -0.39 is 23.5 Å². The number of aliphatic hydroxyl groups excluding tert-OH is 1. The molecule has 0 spiro atoms. The third-order valence-corrected chi connectivity index (χ3v) is 5.91. The molecule has 1 amide bonds. The Morgan fingerprint density at radius 1 is 1.09 bits per heavy atom. The van der Waals surface area contributed by atoms with Crippen LogP contribution < -0.4 is 4.74 Å². The topological polar surface area (TPSA) is 89.2 Å². The first-order chi connectivity index (χ1) is 16.5. The van der Waals surface area contributed by atoms with Crippen LogP contribution in [0.1, 0.15) is 48.3 Å². The maximum absolute atomic E-state index is 13.5. The van der Waals surface area contributed by atoms with Gasteiger partial charge in [0.05, 0.1) is 18.2 Å². The Hall–Kier alpha value is -3.58. The van der Waals surface area contributed by atoms with Gasteiger partial charge < -0.3 is 23.9 Å². The molecule has 34 heavy (non-hydrogen) atoms. The highest BCUT2D eigenvalue weighted by molar-refractivity contribution is 6.16. The number of aliphatic hydroxyl groups is 1. The van der Waals surface area contributed by atoms with E-state index >= 15 is 0 Å². The number of hydrogen-bond donors (Lipinski definition) is 1. The van der Waals surface area contributed by atoms with Gasteiger partial charge in [-0.05, 0) is 42.7 Å². The van der Waals surface area contributed by atoms with Crippen LogP contribution in [0.5, 0.6) is 5.75 Å². The number of ketones is 1. The van der Waals surface area contributed by atoms with Crippen molar-refractivity contribution < 1.29 is 28.6 Å². The van der Waals surface area contributed by atoms with Crippen LogP contribution in [-0.2, 0) is 9.53 Å². The van der Waals surface area contributed by atoms with Gasteiger partial charge in [-0.15, -0.1) is 0 Å². The molecule has 1 aliphatic heterocycles. The van der Waals surface area contributed by atoms with Gasteiger partial charge in [0, 0.05) is 25.6 Å². The summed E-state index contributed by atoms with van der Waals surface area (Å²) in [5.74, 6) is -0.839. The summed E-state index contributed by atoms with van der Waals surface area (Å²) in [4.78, 5) is 28.1. The highest BCUT2D eigenvalue weighted by Crippen LogP contribution is 2.40. The fraction of sp³-hybridized carbons (Fsp3) is 0.333. The number of methoxy groups -OCH3 is 1. The van der Waals surface area contributed by atoms with Crippen LogP contribution in [0.4, 0.5) is 0 Å². The minimum Gasteiger partial charge on any atom is -0.503 e. The predicted octanol–water partition coefficient (Wildman–Crippen LogP) is 5.23. The number of ether oxygens (including phenoxy) is 2. The van der Waals surface area contributed by atoms with Gasteiger partial charge in [-0.25, -0.2) is 0 Å². The van der Waals surface area contributed by atoms with E-state index in [1.54, 1.807) is 19.2 Å². The molecule has 7 heteroatoms. The van der Waals surface area contributed by atoms with Crippen molar-refractivity contribution in [1.29, 1.82) is 0 Å². The number of furan rings is 1. The lowest BCUT2D eigenvalue weighted by atomic mass is 9.95. The second-order valence-electron chi connectivity index (χ2n) is 8.26. The zero-order chi connectivity index (χ0) is 24.1. The van der Waals surface area contributed by atoms with Crippen molar-refractivity contribution in [3.8, 4) is 5.75 Å². The van der Waals surface area contributed by atoms with E-state index in [-0.39, 0.29) is 11.3 Å². The summed E-state index contributed by atoms with van der Waals surface area (Å²) in [5, 5.41) is 11.6. The van der Waals surface area contributed by atoms with Gasteiger partial charge in [-0.1, -0.05) is 43.7 Å².